The Kier molecular flexibility index (Phi) is 6.73. The Morgan fingerprint density at radius 3 is 2.53 bits per heavy atom. The summed E-state index contributed by atoms with van der Waals surface area (Å²) in [6.07, 6.45) is -4.97. The molecule has 10 heteroatoms. The number of ether oxygens (including phenoxy) is 1. The molecule has 0 spiro atoms. The third-order valence-corrected chi connectivity index (χ3v) is 6.08. The number of nitrogens with zero attached hydrogens (tertiary/aromatic N) is 1. The van der Waals surface area contributed by atoms with Crippen LogP contribution in [0.5, 0.6) is 5.75 Å². The van der Waals surface area contributed by atoms with E-state index in [0.29, 0.717) is 11.3 Å². The third kappa shape index (κ3) is 5.97. The summed E-state index contributed by atoms with van der Waals surface area (Å²) in [5, 5.41) is 0. The molecule has 0 amide bonds. The molecule has 1 heterocycles. The van der Waals surface area contributed by atoms with Crippen molar-refractivity contribution in [1.29, 1.82) is 0 Å². The number of benzene rings is 2. The molecule has 0 unspecified atom stereocenters. The van der Waals surface area contributed by atoms with Gasteiger partial charge in [0.1, 0.15) is 17.3 Å². The van der Waals surface area contributed by atoms with Crippen molar-refractivity contribution < 1.29 is 35.5 Å². The van der Waals surface area contributed by atoms with E-state index in [9.17, 15) is 26.4 Å². The molecule has 0 fully saturated rings. The number of carbonyl (C=O) groups excluding carboxylic acids is 1. The van der Waals surface area contributed by atoms with Crippen LogP contribution in [0.1, 0.15) is 22.6 Å². The van der Waals surface area contributed by atoms with Crippen molar-refractivity contribution in [3.05, 3.63) is 71.1 Å². The Morgan fingerprint density at radius 2 is 1.84 bits per heavy atom. The Bertz CT molecular complexity index is 1230. The Balaban J connectivity index is 1.70. The fraction of sp³-hybridized carbons (Fsp3) is 0.273. The highest BCUT2D eigenvalue weighted by atomic mass is 32.2. The molecule has 2 aromatic carbocycles. The van der Waals surface area contributed by atoms with Crippen LogP contribution in [0.3, 0.4) is 0 Å². The fourth-order valence-corrected chi connectivity index (χ4v) is 4.46. The van der Waals surface area contributed by atoms with Crippen LogP contribution in [-0.2, 0) is 33.0 Å². The van der Waals surface area contributed by atoms with Gasteiger partial charge in [-0.15, -0.1) is 0 Å². The van der Waals surface area contributed by atoms with E-state index in [1.54, 1.807) is 31.2 Å². The van der Waals surface area contributed by atoms with Gasteiger partial charge in [-0.25, -0.2) is 13.4 Å². The minimum atomic E-state index is -4.55. The molecule has 170 valence electrons. The lowest BCUT2D eigenvalue weighted by atomic mass is 10.1. The molecule has 0 atom stereocenters. The first-order valence-corrected chi connectivity index (χ1v) is 11.3. The van der Waals surface area contributed by atoms with Gasteiger partial charge in [-0.05, 0) is 36.8 Å². The molecule has 0 aliphatic carbocycles. The van der Waals surface area contributed by atoms with Crippen molar-refractivity contribution in [1.82, 2.24) is 4.98 Å². The summed E-state index contributed by atoms with van der Waals surface area (Å²) in [6, 6.07) is 11.1. The van der Waals surface area contributed by atoms with Crippen LogP contribution >= 0.6 is 0 Å². The molecular formula is C22H20F3NO5S. The molecule has 0 radical (unpaired) electrons. The quantitative estimate of drug-likeness (QED) is 0.488. The van der Waals surface area contributed by atoms with E-state index in [4.69, 9.17) is 9.15 Å². The molecule has 0 saturated carbocycles. The largest absolute Gasteiger partial charge is 0.497 e. The summed E-state index contributed by atoms with van der Waals surface area (Å²) in [4.78, 5) is 16.5. The van der Waals surface area contributed by atoms with Crippen LogP contribution in [0.25, 0.3) is 11.5 Å². The monoisotopic (exact) mass is 467 g/mol. The number of alkyl halides is 3. The van der Waals surface area contributed by atoms with E-state index in [0.717, 1.165) is 12.1 Å². The van der Waals surface area contributed by atoms with Gasteiger partial charge in [-0.1, -0.05) is 24.3 Å². The highest BCUT2D eigenvalue weighted by molar-refractivity contribution is 7.91. The number of aromatic nitrogens is 1. The SMILES string of the molecule is COc1cccc(-c2nc(CS(=O)(=O)CC(=O)Cc3cccc(C(F)(F)F)c3)c(C)o2)c1. The van der Waals surface area contributed by atoms with Crippen LogP contribution in [0, 0.1) is 6.92 Å². The van der Waals surface area contributed by atoms with Gasteiger partial charge in [0.25, 0.3) is 0 Å². The topological polar surface area (TPSA) is 86.5 Å². The van der Waals surface area contributed by atoms with E-state index in [1.165, 1.54) is 19.2 Å². The van der Waals surface area contributed by atoms with E-state index in [1.807, 2.05) is 0 Å². The molecule has 0 N–H and O–H groups in total. The highest BCUT2D eigenvalue weighted by Crippen LogP contribution is 2.30. The van der Waals surface area contributed by atoms with Gasteiger partial charge in [0, 0.05) is 12.0 Å². The second kappa shape index (κ2) is 9.15. The van der Waals surface area contributed by atoms with Crippen molar-refractivity contribution in [2.75, 3.05) is 12.9 Å². The lowest BCUT2D eigenvalue weighted by Gasteiger charge is -2.08. The Morgan fingerprint density at radius 1 is 1.12 bits per heavy atom. The number of hydrogen-bond donors (Lipinski definition) is 0. The maximum atomic E-state index is 12.8. The van der Waals surface area contributed by atoms with Crippen LogP contribution in [0.4, 0.5) is 13.2 Å². The van der Waals surface area contributed by atoms with Crippen LogP contribution in [0.15, 0.2) is 52.9 Å². The first-order chi connectivity index (χ1) is 15.0. The number of halogens is 3. The molecule has 3 rings (SSSR count). The number of oxazole rings is 1. The van der Waals surface area contributed by atoms with Crippen LogP contribution < -0.4 is 4.74 Å². The maximum absolute atomic E-state index is 12.8. The van der Waals surface area contributed by atoms with Crippen molar-refractivity contribution >= 4 is 15.6 Å². The molecule has 6 nitrogen and oxygen atoms in total. The number of ketones is 1. The average Bonchev–Trinajstić information content (AvgIpc) is 3.06. The zero-order valence-corrected chi connectivity index (χ0v) is 18.1. The summed E-state index contributed by atoms with van der Waals surface area (Å²) in [5.74, 6) is -0.977. The highest BCUT2D eigenvalue weighted by Gasteiger charge is 2.30. The first-order valence-electron chi connectivity index (χ1n) is 9.46. The molecule has 32 heavy (non-hydrogen) atoms. The van der Waals surface area contributed by atoms with Gasteiger partial charge < -0.3 is 9.15 Å². The Hall–Kier alpha value is -3.14. The number of Topliss-reactive ketones (excluding diaryl/α,β-unsaturated/α-hetero) is 1. The predicted molar refractivity (Wildman–Crippen MR) is 111 cm³/mol. The van der Waals surface area contributed by atoms with Gasteiger partial charge in [-0.3, -0.25) is 4.79 Å². The molecule has 0 aliphatic heterocycles. The molecule has 0 bridgehead atoms. The third-order valence-electron chi connectivity index (χ3n) is 4.60. The van der Waals surface area contributed by atoms with E-state index < -0.39 is 45.3 Å². The molecule has 0 saturated heterocycles. The van der Waals surface area contributed by atoms with Gasteiger partial charge in [0.05, 0.1) is 24.1 Å². The standard InChI is InChI=1S/C22H20F3NO5S/c1-14-20(26-21(31-14)16-6-4-8-19(11-16)30-2)13-32(28,29)12-18(27)10-15-5-3-7-17(9-15)22(23,24)25/h3-9,11H,10,12-13H2,1-2H3. The van der Waals surface area contributed by atoms with E-state index in [-0.39, 0.29) is 22.9 Å². The zero-order chi connectivity index (χ0) is 23.5. The molecule has 1 aromatic heterocycles. The van der Waals surface area contributed by atoms with Gasteiger partial charge in [0.15, 0.2) is 15.6 Å². The van der Waals surface area contributed by atoms with E-state index in [2.05, 4.69) is 4.98 Å². The number of carbonyl (C=O) groups is 1. The van der Waals surface area contributed by atoms with Gasteiger partial charge >= 0.3 is 6.18 Å². The van der Waals surface area contributed by atoms with Crippen molar-refractivity contribution in [3.8, 4) is 17.2 Å². The molecule has 0 aliphatic rings. The van der Waals surface area contributed by atoms with Gasteiger partial charge in [-0.2, -0.15) is 13.2 Å². The number of aryl methyl sites for hydroxylation is 1. The van der Waals surface area contributed by atoms with E-state index >= 15 is 0 Å². The molecule has 3 aromatic rings. The summed E-state index contributed by atoms with van der Waals surface area (Å²) < 4.78 is 74.2. The van der Waals surface area contributed by atoms with Crippen molar-refractivity contribution in [2.45, 2.75) is 25.3 Å². The first kappa shape index (κ1) is 23.5. The second-order valence-electron chi connectivity index (χ2n) is 7.20. The van der Waals surface area contributed by atoms with Gasteiger partial charge in [0.2, 0.25) is 5.89 Å². The number of methoxy groups -OCH3 is 1. The minimum absolute atomic E-state index is 0.0953. The normalized spacial score (nSPS) is 12.0. The van der Waals surface area contributed by atoms with Crippen LogP contribution in [0.2, 0.25) is 0 Å². The maximum Gasteiger partial charge on any atom is 0.416 e. The van der Waals surface area contributed by atoms with Crippen LogP contribution in [-0.4, -0.2) is 32.0 Å². The van der Waals surface area contributed by atoms with Crippen molar-refractivity contribution in [2.24, 2.45) is 0 Å². The zero-order valence-electron chi connectivity index (χ0n) is 17.3. The lowest BCUT2D eigenvalue weighted by Crippen LogP contribution is -2.20. The summed E-state index contributed by atoms with van der Waals surface area (Å²) in [5.41, 5.74) is -0.0432. The Labute approximate surface area is 183 Å². The second-order valence-corrected chi connectivity index (χ2v) is 9.26. The summed E-state index contributed by atoms with van der Waals surface area (Å²) >= 11 is 0. The lowest BCUT2D eigenvalue weighted by molar-refractivity contribution is -0.137. The number of rotatable bonds is 8. The summed E-state index contributed by atoms with van der Waals surface area (Å²) in [7, 11) is -2.41. The van der Waals surface area contributed by atoms with Crippen molar-refractivity contribution in [3.63, 3.8) is 0 Å². The fourth-order valence-electron chi connectivity index (χ4n) is 3.08. The summed E-state index contributed by atoms with van der Waals surface area (Å²) in [6.45, 7) is 1.56. The smallest absolute Gasteiger partial charge is 0.416 e. The number of hydrogen-bond acceptors (Lipinski definition) is 6. The average molecular weight is 467 g/mol. The minimum Gasteiger partial charge on any atom is -0.497 e. The predicted octanol–water partition coefficient (Wildman–Crippen LogP) is 4.40. The molecular weight excluding hydrogens is 447 g/mol. The number of sulfone groups is 1.